The van der Waals surface area contributed by atoms with Gasteiger partial charge in [-0.2, -0.15) is 0 Å². The highest BCUT2D eigenvalue weighted by Gasteiger charge is 2.33. The quantitative estimate of drug-likeness (QED) is 0.583. The largest absolute Gasteiger partial charge is 0.376 e. The van der Waals surface area contributed by atoms with Crippen molar-refractivity contribution in [1.29, 1.82) is 0 Å². The minimum atomic E-state index is -0.197. The standard InChI is InChI=1S/C21H23N3O3S/c1-21(2)8-14-12(10-27-21)7-13-17-18(28-19(13)22-14)20(25)24-9-15-11(5-6-26-15)3-4-16(24)23-17/h7,11,15H,3-6,8-10H2,1-2H3. The lowest BCUT2D eigenvalue weighted by atomic mass is 9.95. The molecule has 3 aromatic heterocycles. The Morgan fingerprint density at radius 3 is 3.07 bits per heavy atom. The van der Waals surface area contributed by atoms with Gasteiger partial charge in [-0.05, 0) is 38.7 Å². The Balaban J connectivity index is 1.55. The molecule has 6 nitrogen and oxygen atoms in total. The predicted molar refractivity (Wildman–Crippen MR) is 108 cm³/mol. The van der Waals surface area contributed by atoms with E-state index in [0.29, 0.717) is 23.8 Å². The van der Waals surface area contributed by atoms with Crippen LogP contribution in [-0.2, 0) is 35.5 Å². The summed E-state index contributed by atoms with van der Waals surface area (Å²) >= 11 is 1.48. The summed E-state index contributed by atoms with van der Waals surface area (Å²) in [5.74, 6) is 1.44. The van der Waals surface area contributed by atoms with Gasteiger partial charge in [-0.15, -0.1) is 11.3 Å². The molecule has 0 N–H and O–H groups in total. The number of thiophene rings is 1. The molecule has 3 aliphatic heterocycles. The van der Waals surface area contributed by atoms with Crippen molar-refractivity contribution in [1.82, 2.24) is 14.5 Å². The molecule has 3 aliphatic rings. The summed E-state index contributed by atoms with van der Waals surface area (Å²) < 4.78 is 14.4. The lowest BCUT2D eigenvalue weighted by Gasteiger charge is -2.30. The van der Waals surface area contributed by atoms with Crippen LogP contribution in [0.3, 0.4) is 0 Å². The van der Waals surface area contributed by atoms with Crippen molar-refractivity contribution in [3.05, 3.63) is 33.5 Å². The van der Waals surface area contributed by atoms with Gasteiger partial charge in [-0.3, -0.25) is 9.36 Å². The first-order valence-corrected chi connectivity index (χ1v) is 10.9. The average Bonchev–Trinajstić information content (AvgIpc) is 3.19. The van der Waals surface area contributed by atoms with Crippen LogP contribution in [0, 0.1) is 5.92 Å². The monoisotopic (exact) mass is 397 g/mol. The van der Waals surface area contributed by atoms with E-state index in [1.165, 1.54) is 11.3 Å². The number of hydrogen-bond donors (Lipinski definition) is 0. The van der Waals surface area contributed by atoms with E-state index >= 15 is 0 Å². The maximum absolute atomic E-state index is 13.3. The van der Waals surface area contributed by atoms with Crippen LogP contribution in [0.15, 0.2) is 10.9 Å². The van der Waals surface area contributed by atoms with Crippen LogP contribution < -0.4 is 5.56 Å². The lowest BCUT2D eigenvalue weighted by molar-refractivity contribution is -0.0411. The molecule has 0 aliphatic carbocycles. The molecule has 0 radical (unpaired) electrons. The smallest absolute Gasteiger partial charge is 0.271 e. The summed E-state index contributed by atoms with van der Waals surface area (Å²) in [6, 6.07) is 2.14. The van der Waals surface area contributed by atoms with Gasteiger partial charge in [0, 0.05) is 30.4 Å². The normalized spacial score (nSPS) is 26.1. The van der Waals surface area contributed by atoms with Crippen LogP contribution in [-0.4, -0.2) is 32.8 Å². The number of fused-ring (bicyclic) bond motifs is 6. The Bertz CT molecular complexity index is 1180. The van der Waals surface area contributed by atoms with Gasteiger partial charge in [0.05, 0.1) is 36.1 Å². The molecule has 3 aromatic rings. The molecule has 6 rings (SSSR count). The molecule has 2 atom stereocenters. The first-order valence-electron chi connectivity index (χ1n) is 10.1. The van der Waals surface area contributed by atoms with Crippen molar-refractivity contribution in [3.8, 4) is 0 Å². The summed E-state index contributed by atoms with van der Waals surface area (Å²) in [7, 11) is 0. The number of pyridine rings is 1. The van der Waals surface area contributed by atoms with Gasteiger partial charge in [0.1, 0.15) is 15.4 Å². The molecule has 0 amide bonds. The molecule has 0 spiro atoms. The summed E-state index contributed by atoms with van der Waals surface area (Å²) in [5.41, 5.74) is 2.88. The van der Waals surface area contributed by atoms with Gasteiger partial charge in [0.25, 0.3) is 5.56 Å². The van der Waals surface area contributed by atoms with Crippen LogP contribution >= 0.6 is 11.3 Å². The molecule has 1 fully saturated rings. The third-order valence-electron chi connectivity index (χ3n) is 6.48. The minimum absolute atomic E-state index is 0.0636. The van der Waals surface area contributed by atoms with Crippen LogP contribution in [0.4, 0.5) is 0 Å². The second-order valence-corrected chi connectivity index (χ2v) is 9.89. The Morgan fingerprint density at radius 1 is 1.29 bits per heavy atom. The zero-order chi connectivity index (χ0) is 19.0. The van der Waals surface area contributed by atoms with E-state index in [-0.39, 0.29) is 17.3 Å². The third kappa shape index (κ3) is 2.49. The third-order valence-corrected chi connectivity index (χ3v) is 7.55. The molecule has 6 heterocycles. The zero-order valence-electron chi connectivity index (χ0n) is 16.2. The fourth-order valence-electron chi connectivity index (χ4n) is 4.88. The van der Waals surface area contributed by atoms with Gasteiger partial charge in [-0.25, -0.2) is 9.97 Å². The van der Waals surface area contributed by atoms with E-state index in [1.807, 2.05) is 4.57 Å². The van der Waals surface area contributed by atoms with Gasteiger partial charge in [-0.1, -0.05) is 0 Å². The zero-order valence-corrected chi connectivity index (χ0v) is 17.0. The predicted octanol–water partition coefficient (Wildman–Crippen LogP) is 3.21. The molecular formula is C21H23N3O3S. The summed E-state index contributed by atoms with van der Waals surface area (Å²) in [6.45, 7) is 6.19. The Kier molecular flexibility index (Phi) is 3.56. The number of aromatic nitrogens is 3. The molecule has 0 bridgehead atoms. The first kappa shape index (κ1) is 17.1. The van der Waals surface area contributed by atoms with E-state index in [1.54, 1.807) is 0 Å². The topological polar surface area (TPSA) is 66.2 Å². The maximum atomic E-state index is 13.3. The lowest BCUT2D eigenvalue weighted by Crippen LogP contribution is -2.32. The van der Waals surface area contributed by atoms with E-state index < -0.39 is 0 Å². The molecule has 0 aromatic carbocycles. The van der Waals surface area contributed by atoms with Gasteiger partial charge in [0.15, 0.2) is 0 Å². The van der Waals surface area contributed by atoms with Crippen molar-refractivity contribution in [2.24, 2.45) is 5.92 Å². The van der Waals surface area contributed by atoms with E-state index in [4.69, 9.17) is 19.4 Å². The molecule has 0 saturated carbocycles. The molecule has 2 unspecified atom stereocenters. The second-order valence-electron chi connectivity index (χ2n) is 8.89. The van der Waals surface area contributed by atoms with Crippen molar-refractivity contribution >= 4 is 31.8 Å². The molecular weight excluding hydrogens is 374 g/mol. The summed E-state index contributed by atoms with van der Waals surface area (Å²) in [4.78, 5) is 24.1. The van der Waals surface area contributed by atoms with Crippen molar-refractivity contribution < 1.29 is 9.47 Å². The fourth-order valence-corrected chi connectivity index (χ4v) is 5.94. The van der Waals surface area contributed by atoms with Gasteiger partial charge < -0.3 is 9.47 Å². The highest BCUT2D eigenvalue weighted by Crippen LogP contribution is 2.36. The first-order chi connectivity index (χ1) is 13.5. The maximum Gasteiger partial charge on any atom is 0.271 e. The highest BCUT2D eigenvalue weighted by atomic mass is 32.1. The summed E-state index contributed by atoms with van der Waals surface area (Å²) in [5, 5.41) is 0.989. The van der Waals surface area contributed by atoms with E-state index in [0.717, 1.165) is 65.1 Å². The number of rotatable bonds is 0. The minimum Gasteiger partial charge on any atom is -0.376 e. The number of nitrogens with zero attached hydrogens (tertiary/aromatic N) is 3. The second kappa shape index (κ2) is 5.84. The van der Waals surface area contributed by atoms with Gasteiger partial charge in [0.2, 0.25) is 0 Å². The van der Waals surface area contributed by atoms with Crippen LogP contribution in [0.5, 0.6) is 0 Å². The van der Waals surface area contributed by atoms with E-state index in [9.17, 15) is 4.79 Å². The average molecular weight is 398 g/mol. The van der Waals surface area contributed by atoms with E-state index in [2.05, 4.69) is 19.9 Å². The fraction of sp³-hybridized carbons (Fsp3) is 0.571. The number of hydrogen-bond acceptors (Lipinski definition) is 6. The number of aryl methyl sites for hydroxylation is 1. The molecule has 28 heavy (non-hydrogen) atoms. The molecule has 146 valence electrons. The van der Waals surface area contributed by atoms with Gasteiger partial charge >= 0.3 is 0 Å². The van der Waals surface area contributed by atoms with Crippen molar-refractivity contribution in [2.75, 3.05) is 6.61 Å². The highest BCUT2D eigenvalue weighted by molar-refractivity contribution is 7.25. The number of ether oxygens (including phenoxy) is 2. The Labute approximate surface area is 166 Å². The van der Waals surface area contributed by atoms with Crippen LogP contribution in [0.25, 0.3) is 20.4 Å². The molecule has 1 saturated heterocycles. The summed E-state index contributed by atoms with van der Waals surface area (Å²) in [6.07, 6.45) is 3.91. The van der Waals surface area contributed by atoms with Crippen LogP contribution in [0.1, 0.15) is 43.8 Å². The van der Waals surface area contributed by atoms with Crippen molar-refractivity contribution in [2.45, 2.75) is 64.4 Å². The Morgan fingerprint density at radius 2 is 2.18 bits per heavy atom. The van der Waals surface area contributed by atoms with Crippen LogP contribution in [0.2, 0.25) is 0 Å². The Hall–Kier alpha value is -1.83. The molecule has 7 heteroatoms. The van der Waals surface area contributed by atoms with Crippen molar-refractivity contribution in [3.63, 3.8) is 0 Å². The SMILES string of the molecule is CC1(C)Cc2nc3sc4c(=O)n5c(nc4c3cc2CO1)CCC1CCOC1C5.